The zero-order valence-corrected chi connectivity index (χ0v) is 11.2. The molecule has 5 heteroatoms. The Morgan fingerprint density at radius 3 is 2.79 bits per heavy atom. The fourth-order valence-electron chi connectivity index (χ4n) is 1.83. The Balaban J connectivity index is 2.50. The Morgan fingerprint density at radius 2 is 2.11 bits per heavy atom. The van der Waals surface area contributed by atoms with Gasteiger partial charge in [-0.3, -0.25) is 9.36 Å². The van der Waals surface area contributed by atoms with Gasteiger partial charge in [-0.1, -0.05) is 25.1 Å². The van der Waals surface area contributed by atoms with Crippen molar-refractivity contribution in [3.05, 3.63) is 62.8 Å². The topological polar surface area (TPSA) is 58.7 Å². The zero-order chi connectivity index (χ0) is 13.8. The zero-order valence-electron chi connectivity index (χ0n) is 10.4. The lowest BCUT2D eigenvalue weighted by atomic mass is 10.1. The van der Waals surface area contributed by atoms with Crippen molar-refractivity contribution in [3.63, 3.8) is 0 Å². The van der Waals surface area contributed by atoms with Crippen LogP contribution < -0.4 is 5.56 Å². The molecule has 0 spiro atoms. The second-order valence-corrected chi connectivity index (χ2v) is 4.40. The molecule has 0 saturated heterocycles. The summed E-state index contributed by atoms with van der Waals surface area (Å²) >= 11 is 5.97. The first-order chi connectivity index (χ1) is 9.17. The van der Waals surface area contributed by atoms with Crippen molar-refractivity contribution < 1.29 is 0 Å². The number of nitrogens with zero attached hydrogens (tertiary/aromatic N) is 3. The van der Waals surface area contributed by atoms with Crippen LogP contribution in [0.2, 0.25) is 5.28 Å². The molecule has 19 heavy (non-hydrogen) atoms. The number of rotatable bonds is 3. The molecule has 0 N–H and O–H groups in total. The molecule has 1 aromatic heterocycles. The summed E-state index contributed by atoms with van der Waals surface area (Å²) in [5.41, 5.74) is 1.74. The van der Waals surface area contributed by atoms with Crippen LogP contribution in [0, 0.1) is 11.3 Å². The Labute approximate surface area is 115 Å². The van der Waals surface area contributed by atoms with Gasteiger partial charge in [0.15, 0.2) is 0 Å². The molecule has 2 aromatic rings. The van der Waals surface area contributed by atoms with E-state index in [0.717, 1.165) is 5.56 Å². The third kappa shape index (κ3) is 2.67. The number of aryl methyl sites for hydroxylation is 1. The molecule has 0 bridgehead atoms. The summed E-state index contributed by atoms with van der Waals surface area (Å²) < 4.78 is 1.39. The first-order valence-electron chi connectivity index (χ1n) is 5.89. The highest BCUT2D eigenvalue weighted by atomic mass is 35.5. The average molecular weight is 274 g/mol. The minimum Gasteiger partial charge on any atom is -0.279 e. The van der Waals surface area contributed by atoms with Gasteiger partial charge >= 0.3 is 0 Å². The third-order valence-corrected chi connectivity index (χ3v) is 3.22. The molecule has 0 saturated carbocycles. The van der Waals surface area contributed by atoms with E-state index in [1.54, 1.807) is 18.2 Å². The van der Waals surface area contributed by atoms with Crippen LogP contribution in [0.3, 0.4) is 0 Å². The van der Waals surface area contributed by atoms with E-state index in [9.17, 15) is 4.79 Å². The standard InChI is InChI=1S/C14H12ClN3O/c1-2-10-8-17-14(15)18(13(10)19)9-12-6-4-3-5-11(12)7-16/h3-6,8H,2,9H2,1H3. The summed E-state index contributed by atoms with van der Waals surface area (Å²) in [4.78, 5) is 16.2. The van der Waals surface area contributed by atoms with Gasteiger partial charge in [0, 0.05) is 11.8 Å². The predicted molar refractivity (Wildman–Crippen MR) is 73.1 cm³/mol. The molecule has 0 aliphatic rings. The highest BCUT2D eigenvalue weighted by molar-refractivity contribution is 6.28. The summed E-state index contributed by atoms with van der Waals surface area (Å²) in [7, 11) is 0. The average Bonchev–Trinajstić information content (AvgIpc) is 2.44. The van der Waals surface area contributed by atoms with Crippen molar-refractivity contribution >= 4 is 11.6 Å². The molecule has 0 amide bonds. The van der Waals surface area contributed by atoms with Crippen molar-refractivity contribution in [3.8, 4) is 6.07 Å². The molecule has 1 heterocycles. The lowest BCUT2D eigenvalue weighted by Crippen LogP contribution is -2.25. The summed E-state index contributed by atoms with van der Waals surface area (Å²) in [5.74, 6) is 0. The Bertz CT molecular complexity index is 701. The number of hydrogen-bond acceptors (Lipinski definition) is 3. The Hall–Kier alpha value is -2.12. The molecule has 0 aliphatic carbocycles. The fraction of sp³-hybridized carbons (Fsp3) is 0.214. The van der Waals surface area contributed by atoms with Crippen molar-refractivity contribution in [2.45, 2.75) is 19.9 Å². The molecule has 0 atom stereocenters. The van der Waals surface area contributed by atoms with Gasteiger partial charge in [0.1, 0.15) is 0 Å². The first kappa shape index (κ1) is 13.3. The Morgan fingerprint density at radius 1 is 1.37 bits per heavy atom. The fourth-order valence-corrected chi connectivity index (χ4v) is 2.02. The monoisotopic (exact) mass is 273 g/mol. The molecule has 96 valence electrons. The van der Waals surface area contributed by atoms with Gasteiger partial charge in [-0.2, -0.15) is 5.26 Å². The number of benzene rings is 1. The molecular formula is C14H12ClN3O. The van der Waals surface area contributed by atoms with E-state index in [0.29, 0.717) is 17.5 Å². The van der Waals surface area contributed by atoms with Crippen molar-refractivity contribution in [2.75, 3.05) is 0 Å². The number of halogens is 1. The number of hydrogen-bond donors (Lipinski definition) is 0. The molecule has 2 rings (SSSR count). The highest BCUT2D eigenvalue weighted by Gasteiger charge is 2.10. The van der Waals surface area contributed by atoms with Gasteiger partial charge in [-0.05, 0) is 29.7 Å². The summed E-state index contributed by atoms with van der Waals surface area (Å²) in [6.45, 7) is 2.14. The van der Waals surface area contributed by atoms with E-state index >= 15 is 0 Å². The molecule has 4 nitrogen and oxygen atoms in total. The van der Waals surface area contributed by atoms with Gasteiger partial charge in [0.05, 0.1) is 18.2 Å². The van der Waals surface area contributed by atoms with Gasteiger partial charge in [-0.25, -0.2) is 4.98 Å². The van der Waals surface area contributed by atoms with E-state index in [1.165, 1.54) is 10.8 Å². The molecule has 0 radical (unpaired) electrons. The molecular weight excluding hydrogens is 262 g/mol. The van der Waals surface area contributed by atoms with Crippen molar-refractivity contribution in [1.82, 2.24) is 9.55 Å². The molecule has 0 aliphatic heterocycles. The summed E-state index contributed by atoms with van der Waals surface area (Å²) in [6.07, 6.45) is 2.10. The van der Waals surface area contributed by atoms with Gasteiger partial charge < -0.3 is 0 Å². The second-order valence-electron chi connectivity index (χ2n) is 4.07. The van der Waals surface area contributed by atoms with E-state index in [1.807, 2.05) is 13.0 Å². The lowest BCUT2D eigenvalue weighted by molar-refractivity contribution is 0.721. The van der Waals surface area contributed by atoms with E-state index in [4.69, 9.17) is 16.9 Å². The number of nitriles is 1. The smallest absolute Gasteiger partial charge is 0.257 e. The normalized spacial score (nSPS) is 10.2. The Kier molecular flexibility index (Phi) is 3.98. The molecule has 0 fully saturated rings. The molecule has 1 aromatic carbocycles. The maximum absolute atomic E-state index is 12.2. The maximum Gasteiger partial charge on any atom is 0.257 e. The van der Waals surface area contributed by atoms with Crippen molar-refractivity contribution in [1.29, 1.82) is 5.26 Å². The van der Waals surface area contributed by atoms with Crippen LogP contribution in [-0.2, 0) is 13.0 Å². The highest BCUT2D eigenvalue weighted by Crippen LogP contribution is 2.11. The van der Waals surface area contributed by atoms with Gasteiger partial charge in [0.25, 0.3) is 5.56 Å². The van der Waals surface area contributed by atoms with Crippen molar-refractivity contribution in [2.24, 2.45) is 0 Å². The van der Waals surface area contributed by atoms with Crippen LogP contribution in [0.1, 0.15) is 23.6 Å². The van der Waals surface area contributed by atoms with Gasteiger partial charge in [0.2, 0.25) is 5.28 Å². The third-order valence-electron chi connectivity index (χ3n) is 2.92. The second kappa shape index (κ2) is 5.68. The van der Waals surface area contributed by atoms with Crippen LogP contribution in [-0.4, -0.2) is 9.55 Å². The summed E-state index contributed by atoms with van der Waals surface area (Å²) in [6, 6.07) is 9.23. The van der Waals surface area contributed by atoms with Crippen LogP contribution in [0.15, 0.2) is 35.3 Å². The predicted octanol–water partition coefficient (Wildman–Crippen LogP) is 2.38. The van der Waals surface area contributed by atoms with Crippen LogP contribution >= 0.6 is 11.6 Å². The number of aromatic nitrogens is 2. The minimum absolute atomic E-state index is 0.134. The quantitative estimate of drug-likeness (QED) is 0.807. The first-order valence-corrected chi connectivity index (χ1v) is 6.27. The SMILES string of the molecule is CCc1cnc(Cl)n(Cc2ccccc2C#N)c1=O. The summed E-state index contributed by atoms with van der Waals surface area (Å²) in [5, 5.41) is 9.18. The lowest BCUT2D eigenvalue weighted by Gasteiger charge is -2.10. The van der Waals surface area contributed by atoms with E-state index in [2.05, 4.69) is 11.1 Å². The van der Waals surface area contributed by atoms with E-state index < -0.39 is 0 Å². The minimum atomic E-state index is -0.157. The van der Waals surface area contributed by atoms with Crippen LogP contribution in [0.4, 0.5) is 0 Å². The molecule has 0 unspecified atom stereocenters. The largest absolute Gasteiger partial charge is 0.279 e. The van der Waals surface area contributed by atoms with Gasteiger partial charge in [-0.15, -0.1) is 0 Å². The maximum atomic E-state index is 12.2. The van der Waals surface area contributed by atoms with E-state index in [-0.39, 0.29) is 17.4 Å². The van der Waals surface area contributed by atoms with Crippen LogP contribution in [0.25, 0.3) is 0 Å². The van der Waals surface area contributed by atoms with Crippen LogP contribution in [0.5, 0.6) is 0 Å².